The van der Waals surface area contributed by atoms with Gasteiger partial charge in [-0.05, 0) is 38.5 Å². The molecule has 1 aliphatic rings. The topological polar surface area (TPSA) is 35.6 Å². The van der Waals surface area contributed by atoms with Gasteiger partial charge in [0.1, 0.15) is 0 Å². The molecule has 0 aliphatic carbocycles. The lowest BCUT2D eigenvalue weighted by molar-refractivity contribution is -0.129. The molecule has 0 aromatic heterocycles. The van der Waals surface area contributed by atoms with Crippen LogP contribution in [0, 0.1) is 0 Å². The summed E-state index contributed by atoms with van der Waals surface area (Å²) < 4.78 is 1.09. The number of piperazine rings is 1. The summed E-state index contributed by atoms with van der Waals surface area (Å²) in [6.07, 6.45) is 0. The van der Waals surface area contributed by atoms with Gasteiger partial charge in [-0.25, -0.2) is 0 Å². The maximum atomic E-state index is 11.8. The van der Waals surface area contributed by atoms with E-state index in [-0.39, 0.29) is 11.4 Å². The monoisotopic (exact) mass is 353 g/mol. The second kappa shape index (κ2) is 6.36. The Labute approximate surface area is 135 Å². The highest BCUT2D eigenvalue weighted by Crippen LogP contribution is 2.25. The van der Waals surface area contributed by atoms with Gasteiger partial charge in [0.05, 0.1) is 6.54 Å². The molecule has 1 heterocycles. The van der Waals surface area contributed by atoms with Crippen molar-refractivity contribution in [2.24, 2.45) is 0 Å². The third-order valence-electron chi connectivity index (χ3n) is 3.67. The number of anilines is 1. The summed E-state index contributed by atoms with van der Waals surface area (Å²) in [6, 6.07) is 6.34. The zero-order valence-corrected chi connectivity index (χ0v) is 14.8. The number of carbonyl (C=O) groups is 1. The number of amides is 1. The van der Waals surface area contributed by atoms with Gasteiger partial charge in [0.2, 0.25) is 5.91 Å². The molecule has 0 unspecified atom stereocenters. The number of nitrogens with zero attached hydrogens (tertiary/aromatic N) is 2. The van der Waals surface area contributed by atoms with E-state index in [1.165, 1.54) is 5.56 Å². The number of benzene rings is 1. The van der Waals surface area contributed by atoms with Gasteiger partial charge in [-0.2, -0.15) is 0 Å². The summed E-state index contributed by atoms with van der Waals surface area (Å²) in [7, 11) is 1.86. The van der Waals surface area contributed by atoms with E-state index in [1.807, 2.05) is 7.05 Å². The Balaban J connectivity index is 2.07. The standard InChI is InChI=1S/C16H24BrN3O/c1-16(2,3)18-10-12-5-6-13(9-14(12)17)20-8-7-19(4)15(21)11-20/h5-6,9,18H,7-8,10-11H2,1-4H3. The normalized spacial score (nSPS) is 16.5. The molecule has 21 heavy (non-hydrogen) atoms. The first kappa shape index (κ1) is 16.3. The number of hydrogen-bond donors (Lipinski definition) is 1. The Hall–Kier alpha value is -1.07. The number of likely N-dealkylation sites (N-methyl/N-ethyl adjacent to an activating group) is 1. The molecule has 1 fully saturated rings. The van der Waals surface area contributed by atoms with E-state index < -0.39 is 0 Å². The van der Waals surface area contributed by atoms with Gasteiger partial charge in [-0.15, -0.1) is 0 Å². The maximum absolute atomic E-state index is 11.8. The molecule has 1 N–H and O–H groups in total. The molecule has 1 aromatic rings. The Kier molecular flexibility index (Phi) is 4.94. The lowest BCUT2D eigenvalue weighted by atomic mass is 10.1. The van der Waals surface area contributed by atoms with Gasteiger partial charge in [-0.3, -0.25) is 4.79 Å². The van der Waals surface area contributed by atoms with E-state index in [0.29, 0.717) is 6.54 Å². The van der Waals surface area contributed by atoms with Crippen LogP contribution in [0.2, 0.25) is 0 Å². The van der Waals surface area contributed by atoms with E-state index >= 15 is 0 Å². The molecule has 0 saturated carbocycles. The van der Waals surface area contributed by atoms with Crippen LogP contribution in [0.1, 0.15) is 26.3 Å². The number of hydrogen-bond acceptors (Lipinski definition) is 3. The quantitative estimate of drug-likeness (QED) is 0.907. The molecule has 0 atom stereocenters. The van der Waals surface area contributed by atoms with Gasteiger partial charge >= 0.3 is 0 Å². The van der Waals surface area contributed by atoms with E-state index in [0.717, 1.165) is 29.8 Å². The molecule has 2 rings (SSSR count). The molecule has 5 heteroatoms. The fourth-order valence-electron chi connectivity index (χ4n) is 2.22. The molecule has 1 aliphatic heterocycles. The van der Waals surface area contributed by atoms with Crippen molar-refractivity contribution in [2.45, 2.75) is 32.9 Å². The predicted molar refractivity (Wildman–Crippen MR) is 90.6 cm³/mol. The van der Waals surface area contributed by atoms with Gasteiger partial charge in [0.15, 0.2) is 0 Å². The van der Waals surface area contributed by atoms with E-state index in [1.54, 1.807) is 4.90 Å². The van der Waals surface area contributed by atoms with Crippen LogP contribution in [-0.2, 0) is 11.3 Å². The van der Waals surface area contributed by atoms with Crippen LogP contribution in [0.4, 0.5) is 5.69 Å². The van der Waals surface area contributed by atoms with Crippen LogP contribution >= 0.6 is 15.9 Å². The summed E-state index contributed by atoms with van der Waals surface area (Å²) in [6.45, 7) is 9.42. The third kappa shape index (κ3) is 4.45. The van der Waals surface area contributed by atoms with Crippen LogP contribution in [-0.4, -0.2) is 43.0 Å². The molecule has 1 saturated heterocycles. The highest BCUT2D eigenvalue weighted by Gasteiger charge is 2.21. The lowest BCUT2D eigenvalue weighted by Gasteiger charge is -2.33. The summed E-state index contributed by atoms with van der Waals surface area (Å²) in [4.78, 5) is 15.7. The fraction of sp³-hybridized carbons (Fsp3) is 0.562. The molecular weight excluding hydrogens is 330 g/mol. The van der Waals surface area contributed by atoms with Crippen LogP contribution in [0.5, 0.6) is 0 Å². The molecular formula is C16H24BrN3O. The second-order valence-corrected chi connectivity index (χ2v) is 7.47. The largest absolute Gasteiger partial charge is 0.360 e. The van der Waals surface area contributed by atoms with Crippen molar-refractivity contribution in [3.8, 4) is 0 Å². The number of carbonyl (C=O) groups excluding carboxylic acids is 1. The van der Waals surface area contributed by atoms with Crippen molar-refractivity contribution in [1.82, 2.24) is 10.2 Å². The molecule has 1 amide bonds. The van der Waals surface area contributed by atoms with Gasteiger partial charge in [0.25, 0.3) is 0 Å². The Bertz CT molecular complexity index is 525. The highest BCUT2D eigenvalue weighted by molar-refractivity contribution is 9.10. The predicted octanol–water partition coefficient (Wildman–Crippen LogP) is 2.62. The highest BCUT2D eigenvalue weighted by atomic mass is 79.9. The second-order valence-electron chi connectivity index (χ2n) is 6.62. The van der Waals surface area contributed by atoms with Crippen molar-refractivity contribution >= 4 is 27.5 Å². The third-order valence-corrected chi connectivity index (χ3v) is 4.41. The SMILES string of the molecule is CN1CCN(c2ccc(CNC(C)(C)C)c(Br)c2)CC1=O. The first-order chi connectivity index (χ1) is 9.76. The van der Waals surface area contributed by atoms with Crippen molar-refractivity contribution in [3.63, 3.8) is 0 Å². The van der Waals surface area contributed by atoms with Crippen molar-refractivity contribution < 1.29 is 4.79 Å². The maximum Gasteiger partial charge on any atom is 0.241 e. The van der Waals surface area contributed by atoms with E-state index in [4.69, 9.17) is 0 Å². The van der Waals surface area contributed by atoms with Crippen molar-refractivity contribution in [1.29, 1.82) is 0 Å². The first-order valence-corrected chi connectivity index (χ1v) is 8.08. The Morgan fingerprint density at radius 3 is 2.57 bits per heavy atom. The van der Waals surface area contributed by atoms with Gasteiger partial charge in [0, 0.05) is 42.4 Å². The van der Waals surface area contributed by atoms with Crippen LogP contribution in [0.3, 0.4) is 0 Å². The fourth-order valence-corrected chi connectivity index (χ4v) is 2.72. The molecule has 116 valence electrons. The average molecular weight is 354 g/mol. The first-order valence-electron chi connectivity index (χ1n) is 7.28. The zero-order chi connectivity index (χ0) is 15.6. The van der Waals surface area contributed by atoms with Crippen LogP contribution in [0.15, 0.2) is 22.7 Å². The minimum absolute atomic E-state index is 0.0992. The summed E-state index contributed by atoms with van der Waals surface area (Å²) in [5, 5.41) is 3.49. The molecule has 0 radical (unpaired) electrons. The molecule has 4 nitrogen and oxygen atoms in total. The Morgan fingerprint density at radius 1 is 1.29 bits per heavy atom. The van der Waals surface area contributed by atoms with Crippen molar-refractivity contribution in [3.05, 3.63) is 28.2 Å². The number of rotatable bonds is 3. The van der Waals surface area contributed by atoms with Gasteiger partial charge < -0.3 is 15.1 Å². The number of halogens is 1. The zero-order valence-electron chi connectivity index (χ0n) is 13.2. The van der Waals surface area contributed by atoms with E-state index in [9.17, 15) is 4.79 Å². The van der Waals surface area contributed by atoms with Gasteiger partial charge in [-0.1, -0.05) is 22.0 Å². The minimum Gasteiger partial charge on any atom is -0.360 e. The smallest absolute Gasteiger partial charge is 0.241 e. The molecule has 1 aromatic carbocycles. The molecule has 0 spiro atoms. The average Bonchev–Trinajstić information content (AvgIpc) is 2.39. The van der Waals surface area contributed by atoms with E-state index in [2.05, 4.69) is 65.1 Å². The summed E-state index contributed by atoms with van der Waals surface area (Å²) in [5.74, 6) is 0.177. The van der Waals surface area contributed by atoms with Crippen molar-refractivity contribution in [2.75, 3.05) is 31.6 Å². The van der Waals surface area contributed by atoms with Crippen LogP contribution < -0.4 is 10.2 Å². The van der Waals surface area contributed by atoms with Crippen LogP contribution in [0.25, 0.3) is 0 Å². The lowest BCUT2D eigenvalue weighted by Crippen LogP contribution is -2.48. The molecule has 0 bridgehead atoms. The Morgan fingerprint density at radius 2 is 2.00 bits per heavy atom. The number of nitrogens with one attached hydrogen (secondary N) is 1. The summed E-state index contributed by atoms with van der Waals surface area (Å²) in [5.41, 5.74) is 2.43. The summed E-state index contributed by atoms with van der Waals surface area (Å²) >= 11 is 3.65. The minimum atomic E-state index is 0.0992.